The van der Waals surface area contributed by atoms with Crippen LogP contribution >= 0.6 is 0 Å². The van der Waals surface area contributed by atoms with E-state index in [0.717, 1.165) is 25.0 Å². The normalized spacial score (nSPS) is 21.8. The third-order valence-corrected chi connectivity index (χ3v) is 6.13. The minimum absolute atomic E-state index is 0.0360. The van der Waals surface area contributed by atoms with Crippen molar-refractivity contribution in [2.45, 2.75) is 37.6 Å². The van der Waals surface area contributed by atoms with Crippen LogP contribution in [0.15, 0.2) is 48.5 Å². The molecule has 2 aromatic rings. The summed E-state index contributed by atoms with van der Waals surface area (Å²) in [6, 6.07) is 13.5. The number of amides is 2. The molecule has 4 rings (SSSR count). The Hall–Kier alpha value is -2.89. The van der Waals surface area contributed by atoms with Gasteiger partial charge in [0.1, 0.15) is 17.1 Å². The summed E-state index contributed by atoms with van der Waals surface area (Å²) in [7, 11) is 0. The fourth-order valence-electron chi connectivity index (χ4n) is 4.67. The summed E-state index contributed by atoms with van der Waals surface area (Å²) >= 11 is 0. The summed E-state index contributed by atoms with van der Waals surface area (Å²) in [6.45, 7) is 1.70. The molecule has 0 radical (unpaired) electrons. The maximum Gasteiger partial charge on any atom is 0.257 e. The standard InChI is InChI=1S/C23H25FN2O3/c24-20-9-8-18(27)16-19(20)21(28)26-14-5-12-23(26)11-4-13-25(22(23)29)15-10-17-6-2-1-3-7-17/h1-3,6-9,16,27H,4-5,10-15H2. The van der Waals surface area contributed by atoms with Crippen molar-refractivity contribution in [3.8, 4) is 5.75 Å². The Morgan fingerprint density at radius 1 is 1.07 bits per heavy atom. The maximum absolute atomic E-state index is 14.3. The van der Waals surface area contributed by atoms with Crippen molar-refractivity contribution >= 4 is 11.8 Å². The van der Waals surface area contributed by atoms with Crippen molar-refractivity contribution in [3.63, 3.8) is 0 Å². The van der Waals surface area contributed by atoms with Gasteiger partial charge in [-0.25, -0.2) is 4.39 Å². The van der Waals surface area contributed by atoms with Crippen LogP contribution in [0.1, 0.15) is 41.6 Å². The van der Waals surface area contributed by atoms with E-state index in [4.69, 9.17) is 0 Å². The van der Waals surface area contributed by atoms with E-state index in [2.05, 4.69) is 0 Å². The number of aromatic hydroxyl groups is 1. The number of phenolic OH excluding ortho intramolecular Hbond substituents is 1. The largest absolute Gasteiger partial charge is 0.508 e. The second kappa shape index (κ2) is 7.85. The zero-order valence-electron chi connectivity index (χ0n) is 16.3. The van der Waals surface area contributed by atoms with Gasteiger partial charge in [0.25, 0.3) is 5.91 Å². The van der Waals surface area contributed by atoms with Crippen LogP contribution in [0.5, 0.6) is 5.75 Å². The molecular weight excluding hydrogens is 371 g/mol. The minimum Gasteiger partial charge on any atom is -0.508 e. The molecule has 152 valence electrons. The molecule has 0 bridgehead atoms. The van der Waals surface area contributed by atoms with Crippen LogP contribution in [0.25, 0.3) is 0 Å². The number of hydrogen-bond acceptors (Lipinski definition) is 3. The number of phenols is 1. The second-order valence-corrected chi connectivity index (χ2v) is 7.89. The molecule has 2 aromatic carbocycles. The number of benzene rings is 2. The van der Waals surface area contributed by atoms with E-state index in [9.17, 15) is 19.1 Å². The minimum atomic E-state index is -0.899. The van der Waals surface area contributed by atoms with E-state index in [1.54, 1.807) is 4.90 Å². The molecule has 1 spiro atoms. The average Bonchev–Trinajstić information content (AvgIpc) is 3.15. The van der Waals surface area contributed by atoms with E-state index in [-0.39, 0.29) is 17.2 Å². The third kappa shape index (κ3) is 3.59. The van der Waals surface area contributed by atoms with E-state index in [1.165, 1.54) is 11.6 Å². The highest BCUT2D eigenvalue weighted by Crippen LogP contribution is 2.39. The van der Waals surface area contributed by atoms with Crippen LogP contribution in [0.2, 0.25) is 0 Å². The van der Waals surface area contributed by atoms with E-state index in [1.807, 2.05) is 35.2 Å². The van der Waals surface area contributed by atoms with Crippen LogP contribution in [0, 0.1) is 5.82 Å². The van der Waals surface area contributed by atoms with Gasteiger partial charge in [-0.2, -0.15) is 0 Å². The number of carbonyl (C=O) groups excluding carboxylic acids is 2. The monoisotopic (exact) mass is 396 g/mol. The molecule has 2 heterocycles. The Balaban J connectivity index is 1.55. The van der Waals surface area contributed by atoms with Crippen LogP contribution in [-0.4, -0.2) is 51.9 Å². The molecule has 1 N–H and O–H groups in total. The van der Waals surface area contributed by atoms with Crippen molar-refractivity contribution in [3.05, 3.63) is 65.5 Å². The smallest absolute Gasteiger partial charge is 0.257 e. The highest BCUT2D eigenvalue weighted by molar-refractivity contribution is 6.00. The van der Waals surface area contributed by atoms with Crippen LogP contribution in [0.3, 0.4) is 0 Å². The molecule has 29 heavy (non-hydrogen) atoms. The van der Waals surface area contributed by atoms with Gasteiger partial charge in [0.2, 0.25) is 5.91 Å². The first-order valence-corrected chi connectivity index (χ1v) is 10.1. The first-order chi connectivity index (χ1) is 14.0. The Kier molecular flexibility index (Phi) is 5.26. The van der Waals surface area contributed by atoms with E-state index >= 15 is 0 Å². The lowest BCUT2D eigenvalue weighted by atomic mass is 9.84. The molecule has 2 aliphatic heterocycles. The van der Waals surface area contributed by atoms with Gasteiger partial charge in [-0.1, -0.05) is 30.3 Å². The molecule has 2 fully saturated rings. The van der Waals surface area contributed by atoms with Crippen molar-refractivity contribution in [1.82, 2.24) is 9.80 Å². The molecule has 2 saturated heterocycles. The number of halogens is 1. The average molecular weight is 396 g/mol. The van der Waals surface area contributed by atoms with E-state index < -0.39 is 17.3 Å². The number of rotatable bonds is 4. The second-order valence-electron chi connectivity index (χ2n) is 7.89. The molecule has 2 amide bonds. The zero-order chi connectivity index (χ0) is 20.4. The number of nitrogens with zero attached hydrogens (tertiary/aromatic N) is 2. The van der Waals surface area contributed by atoms with Crippen molar-refractivity contribution in [1.29, 1.82) is 0 Å². The number of piperidine rings is 1. The summed E-state index contributed by atoms with van der Waals surface area (Å²) in [4.78, 5) is 30.0. The number of carbonyl (C=O) groups is 2. The molecule has 5 nitrogen and oxygen atoms in total. The van der Waals surface area contributed by atoms with Crippen LogP contribution < -0.4 is 0 Å². The molecule has 1 atom stereocenters. The van der Waals surface area contributed by atoms with Gasteiger partial charge in [-0.05, 0) is 55.9 Å². The van der Waals surface area contributed by atoms with E-state index in [0.29, 0.717) is 38.9 Å². The maximum atomic E-state index is 14.3. The van der Waals surface area contributed by atoms with Crippen LogP contribution in [-0.2, 0) is 11.2 Å². The highest BCUT2D eigenvalue weighted by Gasteiger charge is 2.52. The molecule has 0 aromatic heterocycles. The lowest BCUT2D eigenvalue weighted by Gasteiger charge is -2.44. The summed E-state index contributed by atoms with van der Waals surface area (Å²) in [6.07, 6.45) is 3.48. The van der Waals surface area contributed by atoms with Gasteiger partial charge >= 0.3 is 0 Å². The Bertz CT molecular complexity index is 918. The molecular formula is C23H25FN2O3. The Morgan fingerprint density at radius 2 is 1.79 bits per heavy atom. The molecule has 0 aliphatic carbocycles. The summed E-state index contributed by atoms with van der Waals surface area (Å²) < 4.78 is 14.3. The highest BCUT2D eigenvalue weighted by atomic mass is 19.1. The number of likely N-dealkylation sites (tertiary alicyclic amines) is 2. The predicted molar refractivity (Wildman–Crippen MR) is 107 cm³/mol. The third-order valence-electron chi connectivity index (χ3n) is 6.13. The Morgan fingerprint density at radius 3 is 2.55 bits per heavy atom. The topological polar surface area (TPSA) is 60.9 Å². The molecule has 6 heteroatoms. The van der Waals surface area contributed by atoms with Crippen molar-refractivity contribution in [2.75, 3.05) is 19.6 Å². The first-order valence-electron chi connectivity index (χ1n) is 10.1. The zero-order valence-corrected chi connectivity index (χ0v) is 16.3. The van der Waals surface area contributed by atoms with Gasteiger partial charge in [-0.15, -0.1) is 0 Å². The van der Waals surface area contributed by atoms with Gasteiger partial charge in [0, 0.05) is 19.6 Å². The van der Waals surface area contributed by atoms with Gasteiger partial charge in [0.15, 0.2) is 0 Å². The Labute approximate surface area is 169 Å². The predicted octanol–water partition coefficient (Wildman–Crippen LogP) is 3.37. The SMILES string of the molecule is O=C(c1cc(O)ccc1F)N1CCCC12CCCN(CCc1ccccc1)C2=O. The molecule has 0 saturated carbocycles. The van der Waals surface area contributed by atoms with Gasteiger partial charge in [0.05, 0.1) is 5.56 Å². The fourth-order valence-corrected chi connectivity index (χ4v) is 4.67. The first kappa shape index (κ1) is 19.4. The fraction of sp³-hybridized carbons (Fsp3) is 0.391. The van der Waals surface area contributed by atoms with Crippen molar-refractivity contribution < 1.29 is 19.1 Å². The summed E-state index contributed by atoms with van der Waals surface area (Å²) in [5.74, 6) is -1.40. The lowest BCUT2D eigenvalue weighted by molar-refractivity contribution is -0.145. The molecule has 2 aliphatic rings. The summed E-state index contributed by atoms with van der Waals surface area (Å²) in [5, 5.41) is 9.69. The quantitative estimate of drug-likeness (QED) is 0.862. The summed E-state index contributed by atoms with van der Waals surface area (Å²) in [5.41, 5.74) is 0.0887. The number of hydrogen-bond donors (Lipinski definition) is 1. The molecule has 1 unspecified atom stereocenters. The van der Waals surface area contributed by atoms with Crippen LogP contribution in [0.4, 0.5) is 4.39 Å². The lowest BCUT2D eigenvalue weighted by Crippen LogP contribution is -2.61. The van der Waals surface area contributed by atoms with Gasteiger partial charge in [-0.3, -0.25) is 9.59 Å². The van der Waals surface area contributed by atoms with Crippen molar-refractivity contribution in [2.24, 2.45) is 0 Å². The van der Waals surface area contributed by atoms with Gasteiger partial charge < -0.3 is 14.9 Å².